The van der Waals surface area contributed by atoms with E-state index in [-0.39, 0.29) is 5.82 Å². The van der Waals surface area contributed by atoms with Crippen molar-refractivity contribution in [2.45, 2.75) is 0 Å². The maximum atomic E-state index is 13.1. The lowest BCUT2D eigenvalue weighted by molar-refractivity contribution is 0.112. The standard InChI is InChI=1S/C11H7FO/c12-11-3-1-2-9-6-8(7-13)4-5-10(9)11/h1-7H. The minimum Gasteiger partial charge on any atom is -0.298 e. The van der Waals surface area contributed by atoms with Gasteiger partial charge in [-0.3, -0.25) is 4.79 Å². The average Bonchev–Trinajstić information content (AvgIpc) is 2.18. The molecule has 2 aromatic carbocycles. The monoisotopic (exact) mass is 174 g/mol. The van der Waals surface area contributed by atoms with Crippen molar-refractivity contribution in [2.24, 2.45) is 0 Å². The molecule has 0 radical (unpaired) electrons. The molecule has 0 unspecified atom stereocenters. The van der Waals surface area contributed by atoms with Crippen molar-refractivity contribution in [3.05, 3.63) is 47.8 Å². The molecule has 0 amide bonds. The molecule has 0 spiro atoms. The first-order chi connectivity index (χ1) is 6.31. The van der Waals surface area contributed by atoms with Crippen LogP contribution >= 0.6 is 0 Å². The first kappa shape index (κ1) is 7.92. The number of halogens is 1. The van der Waals surface area contributed by atoms with Gasteiger partial charge in [-0.25, -0.2) is 4.39 Å². The van der Waals surface area contributed by atoms with Gasteiger partial charge in [0.2, 0.25) is 0 Å². The van der Waals surface area contributed by atoms with E-state index >= 15 is 0 Å². The van der Waals surface area contributed by atoms with Gasteiger partial charge in [-0.15, -0.1) is 0 Å². The van der Waals surface area contributed by atoms with Crippen molar-refractivity contribution in [2.75, 3.05) is 0 Å². The molecule has 0 aromatic heterocycles. The van der Waals surface area contributed by atoms with Crippen molar-refractivity contribution in [3.8, 4) is 0 Å². The van der Waals surface area contributed by atoms with Crippen molar-refractivity contribution in [1.29, 1.82) is 0 Å². The summed E-state index contributed by atoms with van der Waals surface area (Å²) in [6, 6.07) is 9.72. The lowest BCUT2D eigenvalue weighted by Gasteiger charge is -1.98. The van der Waals surface area contributed by atoms with Crippen LogP contribution in [0.1, 0.15) is 10.4 Å². The van der Waals surface area contributed by atoms with E-state index in [1.54, 1.807) is 30.3 Å². The number of hydrogen-bond acceptors (Lipinski definition) is 1. The summed E-state index contributed by atoms with van der Waals surface area (Å²) < 4.78 is 13.1. The van der Waals surface area contributed by atoms with E-state index < -0.39 is 0 Å². The number of carbonyl (C=O) groups is 1. The average molecular weight is 174 g/mol. The molecule has 0 N–H and O–H groups in total. The summed E-state index contributed by atoms with van der Waals surface area (Å²) >= 11 is 0. The van der Waals surface area contributed by atoms with Crippen molar-refractivity contribution in [3.63, 3.8) is 0 Å². The van der Waals surface area contributed by atoms with E-state index in [1.807, 2.05) is 0 Å². The predicted molar refractivity (Wildman–Crippen MR) is 49.3 cm³/mol. The van der Waals surface area contributed by atoms with Gasteiger partial charge in [0.25, 0.3) is 0 Å². The van der Waals surface area contributed by atoms with Crippen LogP contribution in [0, 0.1) is 5.82 Å². The highest BCUT2D eigenvalue weighted by molar-refractivity contribution is 5.89. The SMILES string of the molecule is O=Cc1ccc2c(F)cccc2c1. The Kier molecular flexibility index (Phi) is 1.81. The predicted octanol–water partition coefficient (Wildman–Crippen LogP) is 2.79. The fourth-order valence-corrected chi connectivity index (χ4v) is 1.34. The Bertz CT molecular complexity index is 463. The van der Waals surface area contributed by atoms with Gasteiger partial charge in [0.15, 0.2) is 0 Å². The van der Waals surface area contributed by atoms with Crippen molar-refractivity contribution >= 4 is 17.1 Å². The molecule has 64 valence electrons. The van der Waals surface area contributed by atoms with Gasteiger partial charge in [0.05, 0.1) is 0 Å². The smallest absolute Gasteiger partial charge is 0.150 e. The van der Waals surface area contributed by atoms with Crippen LogP contribution in [0.5, 0.6) is 0 Å². The van der Waals surface area contributed by atoms with Gasteiger partial charge in [-0.05, 0) is 17.5 Å². The Labute approximate surface area is 74.8 Å². The topological polar surface area (TPSA) is 17.1 Å². The second kappa shape index (κ2) is 2.98. The highest BCUT2D eigenvalue weighted by Crippen LogP contribution is 2.18. The van der Waals surface area contributed by atoms with Crippen LogP contribution in [-0.2, 0) is 0 Å². The normalized spacial score (nSPS) is 10.2. The van der Waals surface area contributed by atoms with Crippen LogP contribution in [0.3, 0.4) is 0 Å². The summed E-state index contributed by atoms with van der Waals surface area (Å²) in [6.07, 6.45) is 0.754. The Hall–Kier alpha value is -1.70. The number of hydrogen-bond donors (Lipinski definition) is 0. The van der Waals surface area contributed by atoms with Crippen LogP contribution in [0.25, 0.3) is 10.8 Å². The highest BCUT2D eigenvalue weighted by atomic mass is 19.1. The van der Waals surface area contributed by atoms with Gasteiger partial charge in [0.1, 0.15) is 12.1 Å². The molecule has 0 fully saturated rings. The van der Waals surface area contributed by atoms with E-state index in [2.05, 4.69) is 0 Å². The molecule has 2 heteroatoms. The fraction of sp³-hybridized carbons (Fsp3) is 0. The lowest BCUT2D eigenvalue weighted by Crippen LogP contribution is -1.82. The Morgan fingerprint density at radius 1 is 1.15 bits per heavy atom. The minimum absolute atomic E-state index is 0.255. The lowest BCUT2D eigenvalue weighted by atomic mass is 10.1. The summed E-state index contributed by atoms with van der Waals surface area (Å²) in [6.45, 7) is 0. The largest absolute Gasteiger partial charge is 0.298 e. The molecule has 0 saturated carbocycles. The number of carbonyl (C=O) groups excluding carboxylic acids is 1. The van der Waals surface area contributed by atoms with E-state index in [0.717, 1.165) is 11.7 Å². The van der Waals surface area contributed by atoms with Crippen LogP contribution in [-0.4, -0.2) is 6.29 Å². The Morgan fingerprint density at radius 2 is 2.00 bits per heavy atom. The molecule has 13 heavy (non-hydrogen) atoms. The Balaban J connectivity index is 2.79. The van der Waals surface area contributed by atoms with Crippen LogP contribution in [0.15, 0.2) is 36.4 Å². The highest BCUT2D eigenvalue weighted by Gasteiger charge is 1.99. The summed E-state index contributed by atoms with van der Waals surface area (Å²) in [4.78, 5) is 10.4. The van der Waals surface area contributed by atoms with E-state index in [4.69, 9.17) is 0 Å². The number of fused-ring (bicyclic) bond motifs is 1. The van der Waals surface area contributed by atoms with Gasteiger partial charge < -0.3 is 0 Å². The first-order valence-corrected chi connectivity index (χ1v) is 3.95. The molecule has 0 aliphatic carbocycles. The maximum absolute atomic E-state index is 13.1. The fourth-order valence-electron chi connectivity index (χ4n) is 1.34. The van der Waals surface area contributed by atoms with Gasteiger partial charge in [0, 0.05) is 10.9 Å². The second-order valence-electron chi connectivity index (χ2n) is 2.84. The van der Waals surface area contributed by atoms with E-state index in [1.165, 1.54) is 6.07 Å². The third kappa shape index (κ3) is 1.31. The number of aldehydes is 1. The zero-order valence-corrected chi connectivity index (χ0v) is 6.83. The molecular formula is C11H7FO. The summed E-state index contributed by atoms with van der Waals surface area (Å²) in [5.74, 6) is -0.255. The molecule has 1 nitrogen and oxygen atoms in total. The molecule has 0 heterocycles. The number of benzene rings is 2. The third-order valence-corrected chi connectivity index (χ3v) is 1.99. The summed E-state index contributed by atoms with van der Waals surface area (Å²) in [7, 11) is 0. The second-order valence-corrected chi connectivity index (χ2v) is 2.84. The first-order valence-electron chi connectivity index (χ1n) is 3.95. The van der Waals surface area contributed by atoms with Crippen LogP contribution in [0.4, 0.5) is 4.39 Å². The van der Waals surface area contributed by atoms with E-state index in [9.17, 15) is 9.18 Å². The number of rotatable bonds is 1. The zero-order valence-electron chi connectivity index (χ0n) is 6.83. The van der Waals surface area contributed by atoms with Gasteiger partial charge in [-0.2, -0.15) is 0 Å². The zero-order chi connectivity index (χ0) is 9.26. The van der Waals surface area contributed by atoms with Gasteiger partial charge in [-0.1, -0.05) is 24.3 Å². The third-order valence-electron chi connectivity index (χ3n) is 1.99. The van der Waals surface area contributed by atoms with Crippen LogP contribution < -0.4 is 0 Å². The molecule has 2 aromatic rings. The van der Waals surface area contributed by atoms with Gasteiger partial charge >= 0.3 is 0 Å². The summed E-state index contributed by atoms with van der Waals surface area (Å²) in [5, 5.41) is 1.30. The molecule has 2 rings (SSSR count). The van der Waals surface area contributed by atoms with Crippen molar-refractivity contribution < 1.29 is 9.18 Å². The van der Waals surface area contributed by atoms with Crippen molar-refractivity contribution in [1.82, 2.24) is 0 Å². The minimum atomic E-state index is -0.255. The Morgan fingerprint density at radius 3 is 2.77 bits per heavy atom. The molecule has 0 aliphatic rings. The summed E-state index contributed by atoms with van der Waals surface area (Å²) in [5.41, 5.74) is 0.568. The molecular weight excluding hydrogens is 167 g/mol. The molecule has 0 atom stereocenters. The molecule has 0 bridgehead atoms. The quantitative estimate of drug-likeness (QED) is 0.607. The molecule has 0 saturated heterocycles. The van der Waals surface area contributed by atoms with Crippen LogP contribution in [0.2, 0.25) is 0 Å². The molecule has 0 aliphatic heterocycles. The van der Waals surface area contributed by atoms with E-state index in [0.29, 0.717) is 10.9 Å². The maximum Gasteiger partial charge on any atom is 0.150 e.